The van der Waals surface area contributed by atoms with Crippen LogP contribution in [0.4, 0.5) is 0 Å². The van der Waals surface area contributed by atoms with Gasteiger partial charge in [-0.3, -0.25) is 9.69 Å². The molecule has 1 amide bonds. The Morgan fingerprint density at radius 1 is 1.11 bits per heavy atom. The van der Waals surface area contributed by atoms with Gasteiger partial charge in [-0.2, -0.15) is 4.31 Å². The standard InChI is InChI=1S/C19H27N3O4S/c1-27(24,25)22-12-16-11-20(14-18(23)21-7-9-26-10-8-21)13-17(16)19(22)15-5-3-2-4-6-15/h2-6,16-17,19H,7-14H2,1H3/t16-,17-,19+/m1/s1. The van der Waals surface area contributed by atoms with Crippen molar-refractivity contribution in [2.45, 2.75) is 6.04 Å². The normalized spacial score (nSPS) is 29.8. The van der Waals surface area contributed by atoms with E-state index in [1.807, 2.05) is 35.2 Å². The lowest BCUT2D eigenvalue weighted by Crippen LogP contribution is -2.46. The summed E-state index contributed by atoms with van der Waals surface area (Å²) in [5.41, 5.74) is 1.04. The quantitative estimate of drug-likeness (QED) is 0.741. The molecular formula is C19H27N3O4S. The van der Waals surface area contributed by atoms with Crippen LogP contribution >= 0.6 is 0 Å². The lowest BCUT2D eigenvalue weighted by molar-refractivity contribution is -0.136. The molecule has 0 N–H and O–H groups in total. The van der Waals surface area contributed by atoms with Gasteiger partial charge in [0.2, 0.25) is 15.9 Å². The predicted octanol–water partition coefficient (Wildman–Crippen LogP) is 0.410. The number of hydrogen-bond acceptors (Lipinski definition) is 5. The Bertz CT molecular complexity index is 779. The Hall–Kier alpha value is -1.48. The first-order valence-corrected chi connectivity index (χ1v) is 11.4. The topological polar surface area (TPSA) is 70.2 Å². The number of ether oxygens (including phenoxy) is 1. The monoisotopic (exact) mass is 393 g/mol. The molecule has 0 unspecified atom stereocenters. The third-order valence-electron chi connectivity index (χ3n) is 5.99. The molecule has 3 aliphatic heterocycles. The highest BCUT2D eigenvalue weighted by Gasteiger charge is 2.50. The maximum atomic E-state index is 12.6. The lowest BCUT2D eigenvalue weighted by Gasteiger charge is -2.30. The molecule has 3 atom stereocenters. The number of hydrogen-bond donors (Lipinski definition) is 0. The van der Waals surface area contributed by atoms with Crippen LogP contribution in [0.15, 0.2) is 30.3 Å². The molecule has 0 aromatic heterocycles. The smallest absolute Gasteiger partial charge is 0.236 e. The van der Waals surface area contributed by atoms with E-state index >= 15 is 0 Å². The zero-order valence-electron chi connectivity index (χ0n) is 15.7. The van der Waals surface area contributed by atoms with Gasteiger partial charge in [0.05, 0.1) is 32.1 Å². The second-order valence-electron chi connectivity index (χ2n) is 7.80. The first-order valence-electron chi connectivity index (χ1n) is 9.53. The summed E-state index contributed by atoms with van der Waals surface area (Å²) < 4.78 is 31.7. The maximum Gasteiger partial charge on any atom is 0.236 e. The molecule has 7 nitrogen and oxygen atoms in total. The van der Waals surface area contributed by atoms with Crippen LogP contribution in [-0.4, -0.2) is 87.2 Å². The molecule has 0 aliphatic carbocycles. The second-order valence-corrected chi connectivity index (χ2v) is 9.73. The van der Waals surface area contributed by atoms with E-state index in [2.05, 4.69) is 4.90 Å². The average Bonchev–Trinajstić information content (AvgIpc) is 3.20. The highest BCUT2D eigenvalue weighted by Crippen LogP contribution is 2.45. The van der Waals surface area contributed by atoms with E-state index in [4.69, 9.17) is 4.74 Å². The van der Waals surface area contributed by atoms with Gasteiger partial charge in [0.15, 0.2) is 0 Å². The van der Waals surface area contributed by atoms with Crippen molar-refractivity contribution in [1.82, 2.24) is 14.1 Å². The van der Waals surface area contributed by atoms with Crippen molar-refractivity contribution in [1.29, 1.82) is 0 Å². The zero-order valence-corrected chi connectivity index (χ0v) is 16.5. The maximum absolute atomic E-state index is 12.6. The van der Waals surface area contributed by atoms with E-state index < -0.39 is 10.0 Å². The summed E-state index contributed by atoms with van der Waals surface area (Å²) in [5.74, 6) is 0.636. The van der Waals surface area contributed by atoms with Crippen molar-refractivity contribution in [2.24, 2.45) is 11.8 Å². The van der Waals surface area contributed by atoms with Gasteiger partial charge < -0.3 is 9.64 Å². The van der Waals surface area contributed by atoms with Crippen molar-refractivity contribution in [2.75, 3.05) is 58.7 Å². The molecule has 27 heavy (non-hydrogen) atoms. The number of rotatable bonds is 4. The molecular weight excluding hydrogens is 366 g/mol. The molecule has 0 radical (unpaired) electrons. The van der Waals surface area contributed by atoms with Crippen LogP contribution in [0.2, 0.25) is 0 Å². The third kappa shape index (κ3) is 3.89. The number of fused-ring (bicyclic) bond motifs is 1. The summed E-state index contributed by atoms with van der Waals surface area (Å²) in [7, 11) is -3.27. The van der Waals surface area contributed by atoms with Crippen LogP contribution in [-0.2, 0) is 19.6 Å². The fraction of sp³-hybridized carbons (Fsp3) is 0.632. The molecule has 3 fully saturated rings. The van der Waals surface area contributed by atoms with E-state index in [0.717, 1.165) is 18.7 Å². The van der Waals surface area contributed by atoms with E-state index in [9.17, 15) is 13.2 Å². The molecule has 8 heteroatoms. The molecule has 148 valence electrons. The molecule has 3 heterocycles. The van der Waals surface area contributed by atoms with E-state index in [1.165, 1.54) is 6.26 Å². The number of carbonyl (C=O) groups is 1. The molecule has 1 aromatic rings. The Morgan fingerprint density at radius 3 is 2.48 bits per heavy atom. The molecule has 1 aromatic carbocycles. The third-order valence-corrected chi connectivity index (χ3v) is 7.22. The van der Waals surface area contributed by atoms with Crippen molar-refractivity contribution in [3.05, 3.63) is 35.9 Å². The highest BCUT2D eigenvalue weighted by atomic mass is 32.2. The summed E-state index contributed by atoms with van der Waals surface area (Å²) in [6.45, 7) is 5.01. The number of sulfonamides is 1. The second kappa shape index (κ2) is 7.50. The van der Waals surface area contributed by atoms with Crippen LogP contribution < -0.4 is 0 Å². The molecule has 0 spiro atoms. The van der Waals surface area contributed by atoms with Gasteiger partial charge in [-0.05, 0) is 17.4 Å². The first-order chi connectivity index (χ1) is 12.9. The number of benzene rings is 1. The van der Waals surface area contributed by atoms with Gasteiger partial charge in [-0.1, -0.05) is 30.3 Å². The van der Waals surface area contributed by atoms with E-state index in [1.54, 1.807) is 4.31 Å². The first kappa shape index (κ1) is 18.9. The number of likely N-dealkylation sites (tertiary alicyclic amines) is 1. The van der Waals surface area contributed by atoms with Crippen LogP contribution in [0.5, 0.6) is 0 Å². The minimum Gasteiger partial charge on any atom is -0.378 e. The number of morpholine rings is 1. The molecule has 4 rings (SSSR count). The number of amides is 1. The lowest BCUT2D eigenvalue weighted by atomic mass is 9.90. The zero-order chi connectivity index (χ0) is 19.0. The van der Waals surface area contributed by atoms with Crippen molar-refractivity contribution in [3.8, 4) is 0 Å². The minimum absolute atomic E-state index is 0.144. The minimum atomic E-state index is -3.27. The van der Waals surface area contributed by atoms with Gasteiger partial charge in [0.25, 0.3) is 0 Å². The Morgan fingerprint density at radius 2 is 1.81 bits per heavy atom. The summed E-state index contributed by atoms with van der Waals surface area (Å²) in [6, 6.07) is 9.73. The Kier molecular flexibility index (Phi) is 5.24. The largest absolute Gasteiger partial charge is 0.378 e. The molecule has 3 saturated heterocycles. The highest BCUT2D eigenvalue weighted by molar-refractivity contribution is 7.88. The molecule has 0 bridgehead atoms. The summed E-state index contributed by atoms with van der Waals surface area (Å²) in [4.78, 5) is 16.6. The van der Waals surface area contributed by atoms with Gasteiger partial charge in [0.1, 0.15) is 0 Å². The summed E-state index contributed by atoms with van der Waals surface area (Å²) in [6.07, 6.45) is 1.30. The number of carbonyl (C=O) groups excluding carboxylic acids is 1. The van der Waals surface area contributed by atoms with Crippen LogP contribution in [0.3, 0.4) is 0 Å². The summed E-state index contributed by atoms with van der Waals surface area (Å²) >= 11 is 0. The Labute approximate surface area is 160 Å². The van der Waals surface area contributed by atoms with Crippen LogP contribution in [0.25, 0.3) is 0 Å². The van der Waals surface area contributed by atoms with Crippen LogP contribution in [0, 0.1) is 11.8 Å². The van der Waals surface area contributed by atoms with Crippen LogP contribution in [0.1, 0.15) is 11.6 Å². The van der Waals surface area contributed by atoms with Crippen molar-refractivity contribution >= 4 is 15.9 Å². The van der Waals surface area contributed by atoms with Gasteiger partial charge in [-0.15, -0.1) is 0 Å². The Balaban J connectivity index is 1.48. The molecule has 3 aliphatic rings. The summed E-state index contributed by atoms with van der Waals surface area (Å²) in [5, 5.41) is 0. The van der Waals surface area contributed by atoms with Gasteiger partial charge >= 0.3 is 0 Å². The average molecular weight is 394 g/mol. The fourth-order valence-electron chi connectivity index (χ4n) is 4.74. The van der Waals surface area contributed by atoms with E-state index in [-0.39, 0.29) is 23.8 Å². The number of nitrogens with zero attached hydrogens (tertiary/aromatic N) is 3. The van der Waals surface area contributed by atoms with Crippen molar-refractivity contribution in [3.63, 3.8) is 0 Å². The van der Waals surface area contributed by atoms with E-state index in [0.29, 0.717) is 39.4 Å². The van der Waals surface area contributed by atoms with Crippen molar-refractivity contribution < 1.29 is 17.9 Å². The van der Waals surface area contributed by atoms with Gasteiger partial charge in [0, 0.05) is 32.7 Å². The molecule has 0 saturated carbocycles. The fourth-order valence-corrected chi connectivity index (χ4v) is 5.89. The SMILES string of the molecule is CS(=O)(=O)N1C[C@H]2CN(CC(=O)N3CCOCC3)C[C@H]2[C@@H]1c1ccccc1. The predicted molar refractivity (Wildman–Crippen MR) is 102 cm³/mol. The van der Waals surface area contributed by atoms with Gasteiger partial charge in [-0.25, -0.2) is 8.42 Å².